The average Bonchev–Trinajstić information content (AvgIpc) is 2.96. The molecule has 0 aliphatic rings. The number of carbonyl (C=O) groups excluding carboxylic acids is 1. The Labute approximate surface area is 138 Å². The number of hydrogen-bond donors (Lipinski definition) is 1. The number of carboxylic acids is 1. The van der Waals surface area contributed by atoms with Gasteiger partial charge in [0.25, 0.3) is 0 Å². The Balaban J connectivity index is 2.89. The van der Waals surface area contributed by atoms with Gasteiger partial charge in [0, 0.05) is 0 Å². The lowest BCUT2D eigenvalue weighted by molar-refractivity contribution is -0.141. The number of alkyl halides is 3. The van der Waals surface area contributed by atoms with Gasteiger partial charge in [0.15, 0.2) is 11.4 Å². The van der Waals surface area contributed by atoms with Gasteiger partial charge in [0.1, 0.15) is 11.6 Å². The number of carbonyl (C=O) groups is 2. The summed E-state index contributed by atoms with van der Waals surface area (Å²) in [5.74, 6) is -3.29. The summed E-state index contributed by atoms with van der Waals surface area (Å²) in [5, 5.41) is 21.7. The standard InChI is InChI=1S/C15H10F3N3O4/c1-2-25-14(24)10-11(13(22)23)21(20-12(10)15(16,17)18)9-6-4-3-5-8(9)7-19/h3-6H,2H2,1H3,(H,22,23). The number of nitriles is 1. The smallest absolute Gasteiger partial charge is 0.436 e. The van der Waals surface area contributed by atoms with Crippen molar-refractivity contribution in [3.05, 3.63) is 46.8 Å². The van der Waals surface area contributed by atoms with E-state index in [1.54, 1.807) is 6.07 Å². The van der Waals surface area contributed by atoms with Crippen LogP contribution in [-0.4, -0.2) is 33.4 Å². The normalized spacial score (nSPS) is 11.0. The number of benzene rings is 1. The molecule has 1 heterocycles. The lowest BCUT2D eigenvalue weighted by Gasteiger charge is -2.07. The molecular weight excluding hydrogens is 343 g/mol. The van der Waals surface area contributed by atoms with E-state index in [0.29, 0.717) is 4.68 Å². The third-order valence-corrected chi connectivity index (χ3v) is 3.09. The molecular formula is C15H10F3N3O4. The number of aromatic carboxylic acids is 1. The zero-order valence-electron chi connectivity index (χ0n) is 12.7. The van der Waals surface area contributed by atoms with Gasteiger partial charge in [-0.3, -0.25) is 0 Å². The molecule has 7 nitrogen and oxygen atoms in total. The van der Waals surface area contributed by atoms with Crippen LogP contribution in [0.4, 0.5) is 13.2 Å². The predicted molar refractivity (Wildman–Crippen MR) is 76.2 cm³/mol. The van der Waals surface area contributed by atoms with E-state index in [4.69, 9.17) is 5.26 Å². The maximum Gasteiger partial charge on any atom is 0.436 e. The lowest BCUT2D eigenvalue weighted by atomic mass is 10.1. The van der Waals surface area contributed by atoms with Gasteiger partial charge in [-0.1, -0.05) is 12.1 Å². The van der Waals surface area contributed by atoms with Crippen molar-refractivity contribution in [1.82, 2.24) is 9.78 Å². The minimum absolute atomic E-state index is 0.114. The summed E-state index contributed by atoms with van der Waals surface area (Å²) in [7, 11) is 0. The van der Waals surface area contributed by atoms with Crippen LogP contribution < -0.4 is 0 Å². The minimum atomic E-state index is -5.10. The largest absolute Gasteiger partial charge is 0.476 e. The van der Waals surface area contributed by atoms with Crippen molar-refractivity contribution in [3.8, 4) is 11.8 Å². The number of carboxylic acid groups (broad SMARTS) is 1. The molecule has 0 atom stereocenters. The first-order valence-corrected chi connectivity index (χ1v) is 6.82. The molecule has 0 unspecified atom stereocenters. The van der Waals surface area contributed by atoms with Crippen LogP contribution in [0.1, 0.15) is 39.0 Å². The van der Waals surface area contributed by atoms with Crippen LogP contribution in [0.3, 0.4) is 0 Å². The Morgan fingerprint density at radius 3 is 2.52 bits per heavy atom. The second kappa shape index (κ2) is 6.64. The lowest BCUT2D eigenvalue weighted by Crippen LogP contribution is -2.17. The van der Waals surface area contributed by atoms with Gasteiger partial charge in [-0.25, -0.2) is 14.3 Å². The van der Waals surface area contributed by atoms with Crippen molar-refractivity contribution in [2.75, 3.05) is 6.61 Å². The summed E-state index contributed by atoms with van der Waals surface area (Å²) < 4.78 is 44.7. The van der Waals surface area contributed by atoms with Crippen LogP contribution in [0.2, 0.25) is 0 Å². The number of ether oxygens (including phenoxy) is 1. The topological polar surface area (TPSA) is 105 Å². The van der Waals surface area contributed by atoms with Crippen molar-refractivity contribution >= 4 is 11.9 Å². The zero-order valence-corrected chi connectivity index (χ0v) is 12.7. The van der Waals surface area contributed by atoms with E-state index in [2.05, 4.69) is 9.84 Å². The summed E-state index contributed by atoms with van der Waals surface area (Å²) in [6.45, 7) is 1.11. The van der Waals surface area contributed by atoms with Gasteiger partial charge in [-0.15, -0.1) is 0 Å². The number of nitrogens with zero attached hydrogens (tertiary/aromatic N) is 3. The molecule has 0 saturated heterocycles. The number of rotatable bonds is 4. The van der Waals surface area contributed by atoms with E-state index in [1.165, 1.54) is 31.2 Å². The van der Waals surface area contributed by atoms with E-state index < -0.39 is 35.1 Å². The third kappa shape index (κ3) is 3.30. The SMILES string of the molecule is CCOC(=O)c1c(C(F)(F)F)nn(-c2ccccc2C#N)c1C(=O)O. The Bertz CT molecular complexity index is 881. The van der Waals surface area contributed by atoms with Gasteiger partial charge in [-0.2, -0.15) is 23.5 Å². The van der Waals surface area contributed by atoms with E-state index >= 15 is 0 Å². The van der Waals surface area contributed by atoms with Gasteiger partial charge < -0.3 is 9.84 Å². The summed E-state index contributed by atoms with van der Waals surface area (Å²) in [5.41, 5.74) is -4.26. The number of esters is 1. The molecule has 0 fully saturated rings. The van der Waals surface area contributed by atoms with Crippen LogP contribution in [0.25, 0.3) is 5.69 Å². The number of aromatic nitrogens is 2. The van der Waals surface area contributed by atoms with Crippen molar-refractivity contribution in [2.45, 2.75) is 13.1 Å². The summed E-state index contributed by atoms with van der Waals surface area (Å²) in [6, 6.07) is 7.06. The molecule has 0 aliphatic heterocycles. The van der Waals surface area contributed by atoms with Crippen LogP contribution in [0, 0.1) is 11.3 Å². The van der Waals surface area contributed by atoms with E-state index in [-0.39, 0.29) is 17.9 Å². The average molecular weight is 353 g/mol. The van der Waals surface area contributed by atoms with Crippen molar-refractivity contribution in [3.63, 3.8) is 0 Å². The highest BCUT2D eigenvalue weighted by Gasteiger charge is 2.44. The number of hydrogen-bond acceptors (Lipinski definition) is 5. The maximum absolute atomic E-state index is 13.3. The van der Waals surface area contributed by atoms with Gasteiger partial charge in [0.2, 0.25) is 0 Å². The van der Waals surface area contributed by atoms with Crippen LogP contribution in [-0.2, 0) is 10.9 Å². The molecule has 0 radical (unpaired) electrons. The number of halogens is 3. The molecule has 1 aromatic carbocycles. The Morgan fingerprint density at radius 2 is 2.00 bits per heavy atom. The Morgan fingerprint density at radius 1 is 1.36 bits per heavy atom. The molecule has 0 amide bonds. The second-order valence-corrected chi connectivity index (χ2v) is 4.64. The fourth-order valence-electron chi connectivity index (χ4n) is 2.14. The van der Waals surface area contributed by atoms with E-state index in [9.17, 15) is 27.9 Å². The summed E-state index contributed by atoms with van der Waals surface area (Å²) >= 11 is 0. The van der Waals surface area contributed by atoms with Gasteiger partial charge in [0.05, 0.1) is 17.9 Å². The molecule has 2 rings (SSSR count). The fourth-order valence-corrected chi connectivity index (χ4v) is 2.14. The first-order valence-electron chi connectivity index (χ1n) is 6.82. The van der Waals surface area contributed by atoms with Crippen LogP contribution >= 0.6 is 0 Å². The summed E-state index contributed by atoms with van der Waals surface area (Å²) in [6.07, 6.45) is -5.10. The van der Waals surface area contributed by atoms with Gasteiger partial charge in [-0.05, 0) is 19.1 Å². The molecule has 0 bridgehead atoms. The maximum atomic E-state index is 13.3. The number of para-hydroxylation sites is 1. The molecule has 0 saturated carbocycles. The van der Waals surface area contributed by atoms with E-state index in [1.807, 2.05) is 0 Å². The molecule has 1 aromatic heterocycles. The molecule has 25 heavy (non-hydrogen) atoms. The van der Waals surface area contributed by atoms with E-state index in [0.717, 1.165) is 0 Å². The summed E-state index contributed by atoms with van der Waals surface area (Å²) in [4.78, 5) is 23.5. The predicted octanol–water partition coefficient (Wildman–Crippen LogP) is 2.64. The van der Waals surface area contributed by atoms with Crippen molar-refractivity contribution in [2.24, 2.45) is 0 Å². The molecule has 2 aromatic rings. The zero-order chi connectivity index (χ0) is 18.8. The molecule has 1 N–H and O–H groups in total. The van der Waals surface area contributed by atoms with Crippen molar-refractivity contribution < 1.29 is 32.6 Å². The quantitative estimate of drug-likeness (QED) is 0.847. The highest BCUT2D eigenvalue weighted by molar-refractivity contribution is 6.03. The third-order valence-electron chi connectivity index (χ3n) is 3.09. The highest BCUT2D eigenvalue weighted by atomic mass is 19.4. The minimum Gasteiger partial charge on any atom is -0.476 e. The second-order valence-electron chi connectivity index (χ2n) is 4.64. The highest BCUT2D eigenvalue weighted by Crippen LogP contribution is 2.34. The fraction of sp³-hybridized carbons (Fsp3) is 0.200. The monoisotopic (exact) mass is 353 g/mol. The van der Waals surface area contributed by atoms with Crippen molar-refractivity contribution in [1.29, 1.82) is 5.26 Å². The molecule has 0 spiro atoms. The Hall–Kier alpha value is -3.35. The van der Waals surface area contributed by atoms with Crippen LogP contribution in [0.15, 0.2) is 24.3 Å². The molecule has 130 valence electrons. The molecule has 10 heteroatoms. The van der Waals surface area contributed by atoms with Crippen LogP contribution in [0.5, 0.6) is 0 Å². The first kappa shape index (κ1) is 18.0. The molecule has 0 aliphatic carbocycles. The first-order chi connectivity index (χ1) is 11.7. The Kier molecular flexibility index (Phi) is 4.78. The van der Waals surface area contributed by atoms with Gasteiger partial charge >= 0.3 is 18.1 Å².